The standard InChI is InChI=1S/C16H16BrNO/c1-11(19)14-7-6-13(10-15(14)17)18-9-8-12-4-2-3-5-16(12)18/h2-7,10-11,19H,8-9H2,1H3/t11-/m0/s1. The average molecular weight is 318 g/mol. The molecule has 3 rings (SSSR count). The van der Waals surface area contributed by atoms with Crippen LogP contribution in [-0.4, -0.2) is 11.7 Å². The summed E-state index contributed by atoms with van der Waals surface area (Å²) in [6.45, 7) is 2.80. The summed E-state index contributed by atoms with van der Waals surface area (Å²) in [5.41, 5.74) is 4.79. The van der Waals surface area contributed by atoms with Crippen molar-refractivity contribution in [1.82, 2.24) is 0 Å². The molecule has 2 nitrogen and oxygen atoms in total. The van der Waals surface area contributed by atoms with E-state index in [0.29, 0.717) is 0 Å². The van der Waals surface area contributed by atoms with Crippen LogP contribution in [0.5, 0.6) is 0 Å². The summed E-state index contributed by atoms with van der Waals surface area (Å²) < 4.78 is 0.962. The van der Waals surface area contributed by atoms with Crippen molar-refractivity contribution in [2.45, 2.75) is 19.4 Å². The monoisotopic (exact) mass is 317 g/mol. The number of para-hydroxylation sites is 1. The van der Waals surface area contributed by atoms with E-state index in [0.717, 1.165) is 23.0 Å². The van der Waals surface area contributed by atoms with Gasteiger partial charge in [-0.15, -0.1) is 0 Å². The molecule has 0 aliphatic carbocycles. The lowest BCUT2D eigenvalue weighted by molar-refractivity contribution is 0.198. The van der Waals surface area contributed by atoms with Gasteiger partial charge in [0.25, 0.3) is 0 Å². The predicted octanol–water partition coefficient (Wildman–Crippen LogP) is 4.20. The molecule has 0 spiro atoms. The number of fused-ring (bicyclic) bond motifs is 1. The molecule has 19 heavy (non-hydrogen) atoms. The minimum atomic E-state index is -0.450. The topological polar surface area (TPSA) is 23.5 Å². The van der Waals surface area contributed by atoms with E-state index < -0.39 is 6.10 Å². The van der Waals surface area contributed by atoms with Crippen LogP contribution < -0.4 is 4.90 Å². The predicted molar refractivity (Wildman–Crippen MR) is 81.9 cm³/mol. The fraction of sp³-hybridized carbons (Fsp3) is 0.250. The third kappa shape index (κ3) is 2.28. The third-order valence-electron chi connectivity index (χ3n) is 3.63. The molecule has 0 saturated carbocycles. The zero-order valence-corrected chi connectivity index (χ0v) is 12.4. The van der Waals surface area contributed by atoms with Gasteiger partial charge in [-0.2, -0.15) is 0 Å². The summed E-state index contributed by atoms with van der Waals surface area (Å²) in [5.74, 6) is 0. The lowest BCUT2D eigenvalue weighted by Crippen LogP contribution is -2.13. The Morgan fingerprint density at radius 2 is 2.00 bits per heavy atom. The lowest BCUT2D eigenvalue weighted by Gasteiger charge is -2.21. The summed E-state index contributed by atoms with van der Waals surface area (Å²) in [6, 6.07) is 14.7. The maximum Gasteiger partial charge on any atom is 0.0772 e. The van der Waals surface area contributed by atoms with Crippen LogP contribution in [0, 0.1) is 0 Å². The van der Waals surface area contributed by atoms with Gasteiger partial charge in [-0.05, 0) is 42.7 Å². The number of halogens is 1. The van der Waals surface area contributed by atoms with Crippen LogP contribution >= 0.6 is 15.9 Å². The second kappa shape index (κ2) is 4.99. The van der Waals surface area contributed by atoms with Crippen LogP contribution in [0.1, 0.15) is 24.2 Å². The first-order chi connectivity index (χ1) is 9.16. The van der Waals surface area contributed by atoms with Gasteiger partial charge in [-0.1, -0.05) is 40.2 Å². The molecule has 98 valence electrons. The number of aliphatic hydroxyl groups excluding tert-OH is 1. The Labute approximate surface area is 121 Å². The first-order valence-electron chi connectivity index (χ1n) is 6.50. The second-order valence-electron chi connectivity index (χ2n) is 4.91. The fourth-order valence-electron chi connectivity index (χ4n) is 2.63. The Morgan fingerprint density at radius 1 is 1.21 bits per heavy atom. The quantitative estimate of drug-likeness (QED) is 0.897. The van der Waals surface area contributed by atoms with E-state index >= 15 is 0 Å². The minimum Gasteiger partial charge on any atom is -0.389 e. The molecular weight excluding hydrogens is 302 g/mol. The summed E-state index contributed by atoms with van der Waals surface area (Å²) >= 11 is 3.55. The van der Waals surface area contributed by atoms with E-state index in [1.807, 2.05) is 6.07 Å². The average Bonchev–Trinajstić information content (AvgIpc) is 2.82. The van der Waals surface area contributed by atoms with Crippen molar-refractivity contribution in [3.63, 3.8) is 0 Å². The van der Waals surface area contributed by atoms with Gasteiger partial charge in [-0.3, -0.25) is 0 Å². The highest BCUT2D eigenvalue weighted by Crippen LogP contribution is 2.36. The molecule has 0 radical (unpaired) electrons. The SMILES string of the molecule is C[C@H](O)c1ccc(N2CCc3ccccc32)cc1Br. The number of hydrogen-bond donors (Lipinski definition) is 1. The lowest BCUT2D eigenvalue weighted by atomic mass is 10.1. The molecule has 0 unspecified atom stereocenters. The number of nitrogens with zero attached hydrogens (tertiary/aromatic N) is 1. The van der Waals surface area contributed by atoms with Gasteiger partial charge >= 0.3 is 0 Å². The largest absolute Gasteiger partial charge is 0.389 e. The smallest absolute Gasteiger partial charge is 0.0772 e. The Hall–Kier alpha value is -1.32. The van der Waals surface area contributed by atoms with Gasteiger partial charge in [0.1, 0.15) is 0 Å². The van der Waals surface area contributed by atoms with Crippen LogP contribution in [-0.2, 0) is 6.42 Å². The summed E-state index contributed by atoms with van der Waals surface area (Å²) in [6.07, 6.45) is 0.640. The van der Waals surface area contributed by atoms with E-state index in [4.69, 9.17) is 0 Å². The van der Waals surface area contributed by atoms with Gasteiger partial charge in [-0.25, -0.2) is 0 Å². The van der Waals surface area contributed by atoms with Crippen molar-refractivity contribution in [3.8, 4) is 0 Å². The van der Waals surface area contributed by atoms with Gasteiger partial charge in [0, 0.05) is 22.4 Å². The molecule has 1 atom stereocenters. The van der Waals surface area contributed by atoms with Crippen LogP contribution in [0.2, 0.25) is 0 Å². The molecule has 1 N–H and O–H groups in total. The number of anilines is 2. The molecule has 1 aliphatic rings. The first kappa shape index (κ1) is 12.7. The molecule has 1 aliphatic heterocycles. The van der Waals surface area contributed by atoms with E-state index in [1.54, 1.807) is 6.92 Å². The molecule has 2 aromatic rings. The van der Waals surface area contributed by atoms with Crippen molar-refractivity contribution in [1.29, 1.82) is 0 Å². The Balaban J connectivity index is 1.99. The molecule has 0 aromatic heterocycles. The Morgan fingerprint density at radius 3 is 2.74 bits per heavy atom. The molecular formula is C16H16BrNO. The molecule has 1 heterocycles. The van der Waals surface area contributed by atoms with E-state index in [2.05, 4.69) is 57.2 Å². The number of hydrogen-bond acceptors (Lipinski definition) is 2. The van der Waals surface area contributed by atoms with Gasteiger partial charge in [0.05, 0.1) is 6.10 Å². The van der Waals surface area contributed by atoms with Crippen LogP contribution in [0.3, 0.4) is 0 Å². The molecule has 3 heteroatoms. The van der Waals surface area contributed by atoms with Crippen molar-refractivity contribution >= 4 is 27.3 Å². The number of benzene rings is 2. The first-order valence-corrected chi connectivity index (χ1v) is 7.29. The van der Waals surface area contributed by atoms with E-state index in [1.165, 1.54) is 16.9 Å². The number of aliphatic hydroxyl groups is 1. The van der Waals surface area contributed by atoms with E-state index in [-0.39, 0.29) is 0 Å². The maximum atomic E-state index is 9.67. The molecule has 0 amide bonds. The fourth-order valence-corrected chi connectivity index (χ4v) is 3.33. The van der Waals surface area contributed by atoms with Crippen LogP contribution in [0.25, 0.3) is 0 Å². The highest BCUT2D eigenvalue weighted by atomic mass is 79.9. The molecule has 2 aromatic carbocycles. The van der Waals surface area contributed by atoms with Gasteiger partial charge in [0.15, 0.2) is 0 Å². The van der Waals surface area contributed by atoms with Crippen molar-refractivity contribution in [2.75, 3.05) is 11.4 Å². The zero-order chi connectivity index (χ0) is 13.4. The minimum absolute atomic E-state index is 0.450. The normalized spacial score (nSPS) is 15.4. The van der Waals surface area contributed by atoms with Gasteiger partial charge < -0.3 is 10.0 Å². The summed E-state index contributed by atoms with van der Waals surface area (Å²) in [7, 11) is 0. The highest BCUT2D eigenvalue weighted by Gasteiger charge is 2.20. The van der Waals surface area contributed by atoms with Crippen molar-refractivity contribution < 1.29 is 5.11 Å². The van der Waals surface area contributed by atoms with Gasteiger partial charge in [0.2, 0.25) is 0 Å². The van der Waals surface area contributed by atoms with Crippen LogP contribution in [0.4, 0.5) is 11.4 Å². The zero-order valence-electron chi connectivity index (χ0n) is 10.8. The van der Waals surface area contributed by atoms with Crippen molar-refractivity contribution in [3.05, 3.63) is 58.1 Å². The highest BCUT2D eigenvalue weighted by molar-refractivity contribution is 9.10. The Kier molecular flexibility index (Phi) is 3.33. The number of rotatable bonds is 2. The van der Waals surface area contributed by atoms with Crippen molar-refractivity contribution in [2.24, 2.45) is 0 Å². The van der Waals surface area contributed by atoms with Crippen LogP contribution in [0.15, 0.2) is 46.9 Å². The second-order valence-corrected chi connectivity index (χ2v) is 5.77. The summed E-state index contributed by atoms with van der Waals surface area (Å²) in [5, 5.41) is 9.67. The molecule has 0 fully saturated rings. The Bertz CT molecular complexity index is 609. The van der Waals surface area contributed by atoms with E-state index in [9.17, 15) is 5.11 Å². The molecule has 0 saturated heterocycles. The molecule has 0 bridgehead atoms. The summed E-state index contributed by atoms with van der Waals surface area (Å²) in [4.78, 5) is 2.33. The third-order valence-corrected chi connectivity index (χ3v) is 4.32. The maximum absolute atomic E-state index is 9.67.